The minimum atomic E-state index is -0.385. The second-order valence-electron chi connectivity index (χ2n) is 7.30. The molecule has 1 amide bonds. The molecule has 0 saturated heterocycles. The van der Waals surface area contributed by atoms with Gasteiger partial charge in [0, 0.05) is 28.6 Å². The first-order valence-electron chi connectivity index (χ1n) is 10.2. The van der Waals surface area contributed by atoms with Crippen molar-refractivity contribution in [2.75, 3.05) is 0 Å². The molecule has 1 heterocycles. The van der Waals surface area contributed by atoms with Gasteiger partial charge in [0.15, 0.2) is 11.0 Å². The lowest BCUT2D eigenvalue weighted by atomic mass is 10.1. The molecule has 0 atom stereocenters. The molecular weight excluding hydrogens is 438 g/mol. The van der Waals surface area contributed by atoms with E-state index >= 15 is 0 Å². The van der Waals surface area contributed by atoms with Crippen molar-refractivity contribution in [3.8, 4) is 5.69 Å². The number of para-hydroxylation sites is 2. The number of carbonyl (C=O) groups excluding carboxylic acids is 1. The Bertz CT molecular complexity index is 1290. The number of nitrogens with one attached hydrogen (secondary N) is 1. The fourth-order valence-electron chi connectivity index (χ4n) is 3.35. The third-order valence-corrected chi connectivity index (χ3v) is 5.92. The Morgan fingerprint density at radius 3 is 2.55 bits per heavy atom. The van der Waals surface area contributed by atoms with Crippen molar-refractivity contribution in [1.82, 2.24) is 20.1 Å². The van der Waals surface area contributed by atoms with E-state index in [1.165, 1.54) is 17.8 Å². The summed E-state index contributed by atoms with van der Waals surface area (Å²) in [6.07, 6.45) is 0. The van der Waals surface area contributed by atoms with Crippen LogP contribution in [0.15, 0.2) is 84.0 Å². The molecular formula is C24H21N5O3S. The minimum absolute atomic E-state index is 0.0708. The van der Waals surface area contributed by atoms with Crippen molar-refractivity contribution in [2.24, 2.45) is 0 Å². The van der Waals surface area contributed by atoms with E-state index in [4.69, 9.17) is 0 Å². The maximum atomic E-state index is 12.6. The number of hydrogen-bond donors (Lipinski definition) is 1. The first-order valence-corrected chi connectivity index (χ1v) is 11.2. The standard InChI is InChI=1S/C24H21N5O3S/c1-17-8-7-10-18(14-17)23(30)25-15-22-26-27-24(28(22)20-11-3-2-4-12-20)33-16-19-9-5-6-13-21(19)29(31)32/h2-14H,15-16H2,1H3,(H,25,30). The Balaban J connectivity index is 1.57. The van der Waals surface area contributed by atoms with Crippen molar-refractivity contribution < 1.29 is 9.72 Å². The number of aromatic nitrogens is 3. The summed E-state index contributed by atoms with van der Waals surface area (Å²) in [6, 6.07) is 23.6. The van der Waals surface area contributed by atoms with Crippen molar-refractivity contribution in [3.05, 3.63) is 111 Å². The molecule has 0 saturated carbocycles. The van der Waals surface area contributed by atoms with E-state index in [0.29, 0.717) is 27.9 Å². The molecule has 0 bridgehead atoms. The van der Waals surface area contributed by atoms with Crippen molar-refractivity contribution >= 4 is 23.4 Å². The van der Waals surface area contributed by atoms with Gasteiger partial charge in [0.05, 0.1) is 11.5 Å². The molecule has 0 aliphatic rings. The zero-order valence-corrected chi connectivity index (χ0v) is 18.7. The van der Waals surface area contributed by atoms with Crippen LogP contribution in [0.1, 0.15) is 27.3 Å². The average molecular weight is 460 g/mol. The number of nitro benzene ring substituents is 1. The predicted molar refractivity (Wildman–Crippen MR) is 126 cm³/mol. The Kier molecular flexibility index (Phi) is 6.80. The van der Waals surface area contributed by atoms with Crippen molar-refractivity contribution in [1.29, 1.82) is 0 Å². The molecule has 1 aromatic heterocycles. The maximum Gasteiger partial charge on any atom is 0.273 e. The van der Waals surface area contributed by atoms with Crippen LogP contribution < -0.4 is 5.32 Å². The van der Waals surface area contributed by atoms with Gasteiger partial charge in [-0.1, -0.05) is 65.9 Å². The van der Waals surface area contributed by atoms with E-state index in [1.807, 2.05) is 60.0 Å². The van der Waals surface area contributed by atoms with Gasteiger partial charge in [-0.25, -0.2) is 0 Å². The Hall–Kier alpha value is -3.98. The van der Waals surface area contributed by atoms with Gasteiger partial charge in [0.2, 0.25) is 0 Å². The number of amides is 1. The van der Waals surface area contributed by atoms with Gasteiger partial charge in [-0.15, -0.1) is 10.2 Å². The van der Waals surface area contributed by atoms with Crippen molar-refractivity contribution in [2.45, 2.75) is 24.4 Å². The molecule has 0 spiro atoms. The van der Waals surface area contributed by atoms with Gasteiger partial charge < -0.3 is 5.32 Å². The molecule has 0 fully saturated rings. The Morgan fingerprint density at radius 2 is 1.79 bits per heavy atom. The molecule has 0 aliphatic carbocycles. The third kappa shape index (κ3) is 5.27. The number of aryl methyl sites for hydroxylation is 1. The lowest BCUT2D eigenvalue weighted by Gasteiger charge is -2.11. The minimum Gasteiger partial charge on any atom is -0.345 e. The number of thioether (sulfide) groups is 1. The molecule has 4 aromatic rings. The third-order valence-electron chi connectivity index (χ3n) is 4.95. The molecule has 4 rings (SSSR count). The van der Waals surface area contributed by atoms with Gasteiger partial charge in [-0.3, -0.25) is 19.5 Å². The Morgan fingerprint density at radius 1 is 1.03 bits per heavy atom. The SMILES string of the molecule is Cc1cccc(C(=O)NCc2nnc(SCc3ccccc3[N+](=O)[O-])n2-c2ccccc2)c1. The van der Waals surface area contributed by atoms with Gasteiger partial charge in [-0.05, 0) is 31.2 Å². The van der Waals surface area contributed by atoms with E-state index in [-0.39, 0.29) is 23.1 Å². The van der Waals surface area contributed by atoms with Gasteiger partial charge in [-0.2, -0.15) is 0 Å². The van der Waals surface area contributed by atoms with Crippen LogP contribution in [-0.2, 0) is 12.3 Å². The van der Waals surface area contributed by atoms with E-state index in [2.05, 4.69) is 15.5 Å². The molecule has 0 unspecified atom stereocenters. The largest absolute Gasteiger partial charge is 0.345 e. The summed E-state index contributed by atoms with van der Waals surface area (Å²) in [6.45, 7) is 2.12. The summed E-state index contributed by atoms with van der Waals surface area (Å²) in [5.41, 5.74) is 3.09. The highest BCUT2D eigenvalue weighted by molar-refractivity contribution is 7.98. The zero-order chi connectivity index (χ0) is 23.2. The number of nitrogens with zero attached hydrogens (tertiary/aromatic N) is 4. The van der Waals surface area contributed by atoms with Crippen LogP contribution in [0.5, 0.6) is 0 Å². The molecule has 166 valence electrons. The number of carbonyl (C=O) groups is 1. The summed E-state index contributed by atoms with van der Waals surface area (Å²) in [4.78, 5) is 23.5. The van der Waals surface area contributed by atoms with E-state index in [9.17, 15) is 14.9 Å². The normalized spacial score (nSPS) is 10.7. The molecule has 9 heteroatoms. The zero-order valence-electron chi connectivity index (χ0n) is 17.8. The van der Waals surface area contributed by atoms with Gasteiger partial charge in [0.1, 0.15) is 0 Å². The Labute approximate surface area is 194 Å². The van der Waals surface area contributed by atoms with Crippen LogP contribution in [0.2, 0.25) is 0 Å². The first-order chi connectivity index (χ1) is 16.0. The molecule has 0 radical (unpaired) electrons. The van der Waals surface area contributed by atoms with Crippen molar-refractivity contribution in [3.63, 3.8) is 0 Å². The summed E-state index contributed by atoms with van der Waals surface area (Å²) in [5.74, 6) is 0.723. The van der Waals surface area contributed by atoms with Crippen LogP contribution >= 0.6 is 11.8 Å². The number of nitro groups is 1. The van der Waals surface area contributed by atoms with Crippen LogP contribution in [0, 0.1) is 17.0 Å². The summed E-state index contributed by atoms with van der Waals surface area (Å²) in [5, 5.41) is 23.4. The summed E-state index contributed by atoms with van der Waals surface area (Å²) >= 11 is 1.35. The number of benzene rings is 3. The molecule has 0 aliphatic heterocycles. The highest BCUT2D eigenvalue weighted by Gasteiger charge is 2.18. The lowest BCUT2D eigenvalue weighted by Crippen LogP contribution is -2.24. The predicted octanol–water partition coefficient (Wildman–Crippen LogP) is 4.71. The molecule has 1 N–H and O–H groups in total. The van der Waals surface area contributed by atoms with Crippen LogP contribution in [0.25, 0.3) is 5.69 Å². The second-order valence-corrected chi connectivity index (χ2v) is 8.24. The second kappa shape index (κ2) is 10.1. The first kappa shape index (κ1) is 22.2. The smallest absolute Gasteiger partial charge is 0.273 e. The average Bonchev–Trinajstić information content (AvgIpc) is 3.24. The van der Waals surface area contributed by atoms with E-state index in [0.717, 1.165) is 11.3 Å². The molecule has 33 heavy (non-hydrogen) atoms. The van der Waals surface area contributed by atoms with Gasteiger partial charge >= 0.3 is 0 Å². The summed E-state index contributed by atoms with van der Waals surface area (Å²) < 4.78 is 1.86. The fraction of sp³-hybridized carbons (Fsp3) is 0.125. The van der Waals surface area contributed by atoms with Crippen LogP contribution in [-0.4, -0.2) is 25.6 Å². The summed E-state index contributed by atoms with van der Waals surface area (Å²) in [7, 11) is 0. The number of hydrogen-bond acceptors (Lipinski definition) is 6. The van der Waals surface area contributed by atoms with Crippen LogP contribution in [0.4, 0.5) is 5.69 Å². The maximum absolute atomic E-state index is 12.6. The molecule has 8 nitrogen and oxygen atoms in total. The lowest BCUT2D eigenvalue weighted by molar-refractivity contribution is -0.385. The topological polar surface area (TPSA) is 103 Å². The van der Waals surface area contributed by atoms with Crippen LogP contribution in [0.3, 0.4) is 0 Å². The fourth-order valence-corrected chi connectivity index (χ4v) is 4.31. The highest BCUT2D eigenvalue weighted by Crippen LogP contribution is 2.29. The van der Waals surface area contributed by atoms with E-state index < -0.39 is 0 Å². The highest BCUT2D eigenvalue weighted by atomic mass is 32.2. The number of rotatable bonds is 8. The van der Waals surface area contributed by atoms with E-state index in [1.54, 1.807) is 24.3 Å². The quantitative estimate of drug-likeness (QED) is 0.233. The monoisotopic (exact) mass is 459 g/mol. The molecule has 3 aromatic carbocycles. The van der Waals surface area contributed by atoms with Gasteiger partial charge in [0.25, 0.3) is 11.6 Å².